The fraction of sp³-hybridized carbons (Fsp3) is 0.143. The first kappa shape index (κ1) is 20.8. The average molecular weight is 412 g/mol. The minimum absolute atomic E-state index is 0.0502. The van der Waals surface area contributed by atoms with Gasteiger partial charge in [-0.25, -0.2) is 18.7 Å². The summed E-state index contributed by atoms with van der Waals surface area (Å²) >= 11 is 0. The number of rotatable bonds is 5. The van der Waals surface area contributed by atoms with Crippen LogP contribution in [-0.2, 0) is 4.79 Å². The smallest absolute Gasteiger partial charge is 0.263 e. The number of amides is 2. The molecule has 0 aliphatic heterocycles. The molecule has 0 bridgehead atoms. The molecule has 154 valence electrons. The minimum atomic E-state index is -0.872. The lowest BCUT2D eigenvalue weighted by Gasteiger charge is -2.19. The fourth-order valence-corrected chi connectivity index (χ4v) is 2.83. The number of aromatic nitrogens is 2. The van der Waals surface area contributed by atoms with Gasteiger partial charge in [-0.2, -0.15) is 0 Å². The van der Waals surface area contributed by atoms with Gasteiger partial charge in [0.1, 0.15) is 23.0 Å². The van der Waals surface area contributed by atoms with E-state index in [1.807, 2.05) is 0 Å². The number of nitrogens with one attached hydrogen (secondary N) is 1. The maximum absolute atomic E-state index is 14.1. The first-order chi connectivity index (χ1) is 14.3. The number of methoxy groups -OCH3 is 1. The summed E-state index contributed by atoms with van der Waals surface area (Å²) in [5, 5.41) is 2.58. The molecule has 2 aromatic heterocycles. The topological polar surface area (TPSA) is 84.4 Å². The molecule has 0 saturated carbocycles. The molecule has 3 rings (SSSR count). The zero-order valence-electron chi connectivity index (χ0n) is 16.4. The van der Waals surface area contributed by atoms with Crippen LogP contribution >= 0.6 is 0 Å². The van der Waals surface area contributed by atoms with E-state index in [0.717, 1.165) is 11.0 Å². The molecule has 30 heavy (non-hydrogen) atoms. The van der Waals surface area contributed by atoms with Gasteiger partial charge < -0.3 is 15.0 Å². The fourth-order valence-electron chi connectivity index (χ4n) is 2.83. The van der Waals surface area contributed by atoms with Gasteiger partial charge in [-0.15, -0.1) is 0 Å². The maximum atomic E-state index is 14.1. The summed E-state index contributed by atoms with van der Waals surface area (Å²) in [7, 11) is 2.73. The summed E-state index contributed by atoms with van der Waals surface area (Å²) in [6.07, 6.45) is 3.01. The Labute approximate surface area is 171 Å². The molecule has 0 radical (unpaired) electrons. The van der Waals surface area contributed by atoms with Crippen molar-refractivity contribution in [3.8, 4) is 17.0 Å². The lowest BCUT2D eigenvalue weighted by molar-refractivity contribution is -0.114. The number of hydrogen-bond donors (Lipinski definition) is 1. The number of nitrogens with zero attached hydrogens (tertiary/aromatic N) is 3. The van der Waals surface area contributed by atoms with Crippen LogP contribution in [0.2, 0.25) is 0 Å². The zero-order chi connectivity index (χ0) is 21.8. The lowest BCUT2D eigenvalue weighted by Crippen LogP contribution is -2.28. The van der Waals surface area contributed by atoms with E-state index >= 15 is 0 Å². The first-order valence-corrected chi connectivity index (χ1v) is 8.81. The second-order valence-corrected chi connectivity index (χ2v) is 6.35. The number of hydrogen-bond acceptors (Lipinski definition) is 5. The molecular weight excluding hydrogens is 394 g/mol. The van der Waals surface area contributed by atoms with Crippen molar-refractivity contribution in [1.29, 1.82) is 0 Å². The second-order valence-electron chi connectivity index (χ2n) is 6.35. The van der Waals surface area contributed by atoms with Crippen molar-refractivity contribution in [2.24, 2.45) is 0 Å². The largest absolute Gasteiger partial charge is 0.480 e. The molecule has 0 fully saturated rings. The highest BCUT2D eigenvalue weighted by Crippen LogP contribution is 2.28. The van der Waals surface area contributed by atoms with Gasteiger partial charge in [-0.05, 0) is 35.9 Å². The average Bonchev–Trinajstić information content (AvgIpc) is 2.72. The minimum Gasteiger partial charge on any atom is -0.480 e. The van der Waals surface area contributed by atoms with Gasteiger partial charge in [0.05, 0.1) is 12.8 Å². The standard InChI is InChI=1S/C21H18F2N4O3/c1-12(28)26-19-9-13(6-7-24-19)14-8-16(20(30-3)25-11-14)21(29)27(2)18-5-4-15(22)10-17(18)23/h4-11H,1-3H3,(H,24,26,28). The summed E-state index contributed by atoms with van der Waals surface area (Å²) in [5.74, 6) is -2.09. The molecule has 7 nitrogen and oxygen atoms in total. The number of benzene rings is 1. The quantitative estimate of drug-likeness (QED) is 0.691. The van der Waals surface area contributed by atoms with E-state index in [1.165, 1.54) is 39.5 Å². The van der Waals surface area contributed by atoms with Gasteiger partial charge in [0.15, 0.2) is 0 Å². The van der Waals surface area contributed by atoms with E-state index in [-0.39, 0.29) is 23.0 Å². The number of anilines is 2. The molecule has 9 heteroatoms. The molecule has 0 aliphatic rings. The van der Waals surface area contributed by atoms with Gasteiger partial charge in [0.2, 0.25) is 11.8 Å². The van der Waals surface area contributed by atoms with E-state index < -0.39 is 17.5 Å². The molecule has 1 aromatic carbocycles. The number of pyridine rings is 2. The molecule has 0 unspecified atom stereocenters. The highest BCUT2D eigenvalue weighted by molar-refractivity contribution is 6.08. The Hall–Kier alpha value is -3.88. The Balaban J connectivity index is 2.00. The molecule has 2 amide bonds. The number of ether oxygens (including phenoxy) is 1. The third-order valence-electron chi connectivity index (χ3n) is 4.25. The van der Waals surface area contributed by atoms with Crippen LogP contribution in [0.3, 0.4) is 0 Å². The Bertz CT molecular complexity index is 1120. The van der Waals surface area contributed by atoms with Crippen molar-refractivity contribution in [3.05, 3.63) is 66.0 Å². The van der Waals surface area contributed by atoms with E-state index in [2.05, 4.69) is 15.3 Å². The van der Waals surface area contributed by atoms with Crippen LogP contribution in [0.4, 0.5) is 20.3 Å². The molecule has 0 aliphatic carbocycles. The van der Waals surface area contributed by atoms with Crippen LogP contribution in [0.25, 0.3) is 11.1 Å². The molecular formula is C21H18F2N4O3. The second kappa shape index (κ2) is 8.64. The summed E-state index contributed by atoms with van der Waals surface area (Å²) < 4.78 is 32.5. The van der Waals surface area contributed by atoms with Crippen molar-refractivity contribution in [1.82, 2.24) is 9.97 Å². The van der Waals surface area contributed by atoms with E-state index in [9.17, 15) is 18.4 Å². The van der Waals surface area contributed by atoms with Crippen molar-refractivity contribution < 1.29 is 23.1 Å². The summed E-state index contributed by atoms with van der Waals surface area (Å²) in [6, 6.07) is 7.79. The molecule has 3 aromatic rings. The Morgan fingerprint density at radius 3 is 2.50 bits per heavy atom. The van der Waals surface area contributed by atoms with Crippen LogP contribution in [0, 0.1) is 11.6 Å². The Morgan fingerprint density at radius 2 is 1.83 bits per heavy atom. The molecule has 0 atom stereocenters. The monoisotopic (exact) mass is 412 g/mol. The molecule has 0 spiro atoms. The van der Waals surface area contributed by atoms with Gasteiger partial charge in [-0.1, -0.05) is 0 Å². The van der Waals surface area contributed by atoms with Crippen molar-refractivity contribution in [2.45, 2.75) is 6.92 Å². The van der Waals surface area contributed by atoms with Gasteiger partial charge in [-0.3, -0.25) is 9.59 Å². The third-order valence-corrected chi connectivity index (χ3v) is 4.25. The Kier molecular flexibility index (Phi) is 6.01. The van der Waals surface area contributed by atoms with Gasteiger partial charge in [0, 0.05) is 38.0 Å². The SMILES string of the molecule is COc1ncc(-c2ccnc(NC(C)=O)c2)cc1C(=O)N(C)c1ccc(F)cc1F. The molecule has 1 N–H and O–H groups in total. The third kappa shape index (κ3) is 4.40. The van der Waals surface area contributed by atoms with Crippen molar-refractivity contribution in [2.75, 3.05) is 24.4 Å². The van der Waals surface area contributed by atoms with Crippen LogP contribution in [0.15, 0.2) is 48.8 Å². The molecule has 2 heterocycles. The van der Waals surface area contributed by atoms with Crippen molar-refractivity contribution >= 4 is 23.3 Å². The van der Waals surface area contributed by atoms with E-state index in [1.54, 1.807) is 18.2 Å². The summed E-state index contributed by atoms with van der Waals surface area (Å²) in [5.41, 5.74) is 1.19. The zero-order valence-corrected chi connectivity index (χ0v) is 16.4. The summed E-state index contributed by atoms with van der Waals surface area (Å²) in [6.45, 7) is 1.37. The number of halogens is 2. The van der Waals surface area contributed by atoms with Crippen LogP contribution < -0.4 is 15.0 Å². The van der Waals surface area contributed by atoms with E-state index in [4.69, 9.17) is 4.74 Å². The van der Waals surface area contributed by atoms with E-state index in [0.29, 0.717) is 23.0 Å². The normalized spacial score (nSPS) is 10.4. The highest BCUT2D eigenvalue weighted by atomic mass is 19.1. The van der Waals surface area contributed by atoms with Crippen LogP contribution in [0.5, 0.6) is 5.88 Å². The lowest BCUT2D eigenvalue weighted by atomic mass is 10.1. The Morgan fingerprint density at radius 1 is 1.07 bits per heavy atom. The van der Waals surface area contributed by atoms with Gasteiger partial charge in [0.25, 0.3) is 5.91 Å². The predicted molar refractivity (Wildman–Crippen MR) is 107 cm³/mol. The van der Waals surface area contributed by atoms with Crippen LogP contribution in [-0.4, -0.2) is 35.9 Å². The van der Waals surface area contributed by atoms with Crippen LogP contribution in [0.1, 0.15) is 17.3 Å². The number of carbonyl (C=O) groups is 2. The maximum Gasteiger partial charge on any atom is 0.263 e. The highest BCUT2D eigenvalue weighted by Gasteiger charge is 2.22. The number of carbonyl (C=O) groups excluding carboxylic acids is 2. The van der Waals surface area contributed by atoms with Crippen molar-refractivity contribution in [3.63, 3.8) is 0 Å². The predicted octanol–water partition coefficient (Wildman–Crippen LogP) is 3.67. The molecule has 0 saturated heterocycles. The first-order valence-electron chi connectivity index (χ1n) is 8.81. The van der Waals surface area contributed by atoms with Gasteiger partial charge >= 0.3 is 0 Å². The summed E-state index contributed by atoms with van der Waals surface area (Å²) in [4.78, 5) is 33.6.